The number of carbonyl (C=O) groups is 1. The molecule has 1 fully saturated rings. The van der Waals surface area contributed by atoms with Gasteiger partial charge < -0.3 is 4.74 Å². The van der Waals surface area contributed by atoms with Crippen molar-refractivity contribution in [1.82, 2.24) is 5.48 Å². The molecule has 0 aliphatic carbocycles. The molecule has 1 N–H and O–H groups in total. The number of halogens is 2. The summed E-state index contributed by atoms with van der Waals surface area (Å²) in [5.74, 6) is -1.32. The van der Waals surface area contributed by atoms with Crippen molar-refractivity contribution in [3.05, 3.63) is 34.6 Å². The fourth-order valence-corrected chi connectivity index (χ4v) is 1.82. The third-order valence-corrected chi connectivity index (χ3v) is 2.83. The first-order chi connectivity index (χ1) is 8.66. The van der Waals surface area contributed by atoms with E-state index in [-0.39, 0.29) is 10.6 Å². The minimum Gasteiger partial charge on any atom is -0.350 e. The van der Waals surface area contributed by atoms with E-state index in [1.54, 1.807) is 0 Å². The monoisotopic (exact) mass is 273 g/mol. The average molecular weight is 274 g/mol. The summed E-state index contributed by atoms with van der Waals surface area (Å²) in [6, 6.07) is 3.75. The summed E-state index contributed by atoms with van der Waals surface area (Å²) in [4.78, 5) is 16.7. The van der Waals surface area contributed by atoms with Crippen molar-refractivity contribution >= 4 is 17.5 Å². The molecule has 1 aromatic rings. The van der Waals surface area contributed by atoms with E-state index in [2.05, 4.69) is 5.48 Å². The first-order valence-corrected chi connectivity index (χ1v) is 6.07. The molecule has 98 valence electrons. The van der Waals surface area contributed by atoms with E-state index in [1.165, 1.54) is 12.1 Å². The summed E-state index contributed by atoms with van der Waals surface area (Å²) in [5, 5.41) is 0.287. The van der Waals surface area contributed by atoms with Gasteiger partial charge in [0.05, 0.1) is 5.56 Å². The number of benzene rings is 1. The summed E-state index contributed by atoms with van der Waals surface area (Å²) in [7, 11) is 0. The number of amides is 1. The van der Waals surface area contributed by atoms with Crippen molar-refractivity contribution in [1.29, 1.82) is 0 Å². The van der Waals surface area contributed by atoms with Gasteiger partial charge in [0.1, 0.15) is 5.82 Å². The maximum atomic E-state index is 13.4. The number of ether oxygens (including phenoxy) is 1. The highest BCUT2D eigenvalue weighted by molar-refractivity contribution is 6.30. The van der Waals surface area contributed by atoms with Crippen LogP contribution in [0, 0.1) is 5.82 Å². The van der Waals surface area contributed by atoms with Gasteiger partial charge in [-0.3, -0.25) is 4.79 Å². The third-order valence-electron chi connectivity index (χ3n) is 2.59. The van der Waals surface area contributed by atoms with Gasteiger partial charge in [0, 0.05) is 18.1 Å². The number of hydrogen-bond donors (Lipinski definition) is 1. The summed E-state index contributed by atoms with van der Waals surface area (Å²) >= 11 is 5.70. The summed E-state index contributed by atoms with van der Waals surface area (Å²) in [6.45, 7) is 0.603. The molecule has 1 aliphatic rings. The molecule has 0 saturated carbocycles. The number of nitrogens with one attached hydrogen (secondary N) is 1. The fraction of sp³-hybridized carbons (Fsp3) is 0.417. The van der Waals surface area contributed by atoms with E-state index in [0.29, 0.717) is 13.0 Å². The Labute approximate surface area is 109 Å². The largest absolute Gasteiger partial charge is 0.350 e. The Morgan fingerprint density at radius 1 is 1.50 bits per heavy atom. The van der Waals surface area contributed by atoms with Crippen LogP contribution in [0.2, 0.25) is 5.02 Å². The Morgan fingerprint density at radius 2 is 2.33 bits per heavy atom. The molecule has 18 heavy (non-hydrogen) atoms. The van der Waals surface area contributed by atoms with Gasteiger partial charge >= 0.3 is 0 Å². The van der Waals surface area contributed by atoms with Crippen molar-refractivity contribution in [3.8, 4) is 0 Å². The highest BCUT2D eigenvalue weighted by Crippen LogP contribution is 2.16. The van der Waals surface area contributed by atoms with Crippen LogP contribution in [0.5, 0.6) is 0 Å². The van der Waals surface area contributed by atoms with Crippen molar-refractivity contribution in [2.24, 2.45) is 0 Å². The molecule has 1 saturated heterocycles. The molecule has 0 aromatic heterocycles. The van der Waals surface area contributed by atoms with Gasteiger partial charge in [-0.15, -0.1) is 0 Å². The van der Waals surface area contributed by atoms with Crippen molar-refractivity contribution in [2.45, 2.75) is 25.6 Å². The van der Waals surface area contributed by atoms with Crippen molar-refractivity contribution in [2.75, 3.05) is 6.61 Å². The zero-order chi connectivity index (χ0) is 13.0. The number of hydroxylamine groups is 1. The maximum absolute atomic E-state index is 13.4. The molecule has 0 radical (unpaired) electrons. The second kappa shape index (κ2) is 6.13. The minimum atomic E-state index is -0.677. The second-order valence-electron chi connectivity index (χ2n) is 3.97. The highest BCUT2D eigenvalue weighted by atomic mass is 35.5. The normalized spacial score (nSPS) is 19.6. The van der Waals surface area contributed by atoms with Crippen LogP contribution >= 0.6 is 11.6 Å². The predicted molar refractivity (Wildman–Crippen MR) is 63.6 cm³/mol. The van der Waals surface area contributed by atoms with Gasteiger partial charge in [0.2, 0.25) is 0 Å². The number of rotatable bonds is 3. The van der Waals surface area contributed by atoms with Crippen LogP contribution < -0.4 is 5.48 Å². The highest BCUT2D eigenvalue weighted by Gasteiger charge is 2.18. The van der Waals surface area contributed by atoms with E-state index in [9.17, 15) is 9.18 Å². The van der Waals surface area contributed by atoms with Crippen LogP contribution in [0.4, 0.5) is 4.39 Å². The van der Waals surface area contributed by atoms with Crippen LogP contribution in [0.3, 0.4) is 0 Å². The molecule has 1 amide bonds. The van der Waals surface area contributed by atoms with E-state index < -0.39 is 18.0 Å². The van der Waals surface area contributed by atoms with Gasteiger partial charge in [-0.1, -0.05) is 11.6 Å². The van der Waals surface area contributed by atoms with Crippen LogP contribution in [-0.2, 0) is 9.57 Å². The van der Waals surface area contributed by atoms with Crippen LogP contribution in [0.15, 0.2) is 18.2 Å². The summed E-state index contributed by atoms with van der Waals surface area (Å²) < 4.78 is 18.6. The van der Waals surface area contributed by atoms with Gasteiger partial charge in [0.25, 0.3) is 5.91 Å². The Kier molecular flexibility index (Phi) is 4.52. The minimum absolute atomic E-state index is 0.154. The molecule has 1 aliphatic heterocycles. The van der Waals surface area contributed by atoms with Gasteiger partial charge in [-0.25, -0.2) is 14.7 Å². The molecule has 0 spiro atoms. The molecule has 4 nitrogen and oxygen atoms in total. The third kappa shape index (κ3) is 3.41. The lowest BCUT2D eigenvalue weighted by atomic mass is 10.2. The summed E-state index contributed by atoms with van der Waals surface area (Å²) in [5.41, 5.74) is 2.02. The van der Waals surface area contributed by atoms with E-state index in [0.717, 1.165) is 18.9 Å². The average Bonchev–Trinajstić information content (AvgIpc) is 2.40. The number of hydrogen-bond acceptors (Lipinski definition) is 3. The molecular formula is C12H13ClFNO3. The fourth-order valence-electron chi connectivity index (χ4n) is 1.65. The van der Waals surface area contributed by atoms with Gasteiger partial charge in [-0.2, -0.15) is 0 Å². The molecule has 0 bridgehead atoms. The van der Waals surface area contributed by atoms with E-state index >= 15 is 0 Å². The Morgan fingerprint density at radius 3 is 3.06 bits per heavy atom. The molecule has 1 atom stereocenters. The van der Waals surface area contributed by atoms with E-state index in [1.807, 2.05) is 0 Å². The van der Waals surface area contributed by atoms with Crippen LogP contribution in [-0.4, -0.2) is 18.8 Å². The Bertz CT molecular complexity index is 435. The maximum Gasteiger partial charge on any atom is 0.277 e. The zero-order valence-electron chi connectivity index (χ0n) is 9.62. The predicted octanol–water partition coefficient (Wildman–Crippen LogP) is 2.67. The smallest absolute Gasteiger partial charge is 0.277 e. The molecule has 1 aromatic carbocycles. The van der Waals surface area contributed by atoms with Crippen molar-refractivity contribution < 1.29 is 18.8 Å². The molecular weight excluding hydrogens is 261 g/mol. The van der Waals surface area contributed by atoms with Crippen molar-refractivity contribution in [3.63, 3.8) is 0 Å². The lowest BCUT2D eigenvalue weighted by molar-refractivity contribution is -0.186. The molecule has 6 heteroatoms. The molecule has 1 heterocycles. The quantitative estimate of drug-likeness (QED) is 0.862. The number of carbonyl (C=O) groups excluding carboxylic acids is 1. The first kappa shape index (κ1) is 13.3. The zero-order valence-corrected chi connectivity index (χ0v) is 10.4. The standard InChI is InChI=1S/C12H13ClFNO3/c13-8-4-5-10(14)9(7-8)12(16)15-18-11-3-1-2-6-17-11/h4-5,7,11H,1-3,6H2,(H,15,16)/t11-/m1/s1. The second-order valence-corrected chi connectivity index (χ2v) is 4.41. The Hall–Kier alpha value is -1.17. The van der Waals surface area contributed by atoms with E-state index in [4.69, 9.17) is 21.2 Å². The lowest BCUT2D eigenvalue weighted by Gasteiger charge is -2.22. The SMILES string of the molecule is O=C(NO[C@@H]1CCCCO1)c1cc(Cl)ccc1F. The topological polar surface area (TPSA) is 47.6 Å². The van der Waals surface area contributed by atoms with Crippen LogP contribution in [0.1, 0.15) is 29.6 Å². The lowest BCUT2D eigenvalue weighted by Crippen LogP contribution is -2.33. The molecule has 0 unspecified atom stereocenters. The van der Waals surface area contributed by atoms with Gasteiger partial charge in [-0.05, 0) is 31.0 Å². The van der Waals surface area contributed by atoms with Gasteiger partial charge in [0.15, 0.2) is 6.29 Å². The summed E-state index contributed by atoms with van der Waals surface area (Å²) in [6.07, 6.45) is 2.20. The molecule has 2 rings (SSSR count). The first-order valence-electron chi connectivity index (χ1n) is 5.69. The van der Waals surface area contributed by atoms with Crippen LogP contribution in [0.25, 0.3) is 0 Å². The Balaban J connectivity index is 1.92.